The van der Waals surface area contributed by atoms with Crippen molar-refractivity contribution in [2.45, 2.75) is 56.5 Å². The van der Waals surface area contributed by atoms with E-state index in [1.807, 2.05) is 12.2 Å². The largest absolute Gasteiger partial charge is 0.298 e. The molecule has 0 radical (unpaired) electrons. The van der Waals surface area contributed by atoms with Crippen LogP contribution in [0, 0.1) is 0 Å². The van der Waals surface area contributed by atoms with Gasteiger partial charge in [0.25, 0.3) is 0 Å². The summed E-state index contributed by atoms with van der Waals surface area (Å²) in [6.07, 6.45) is 15.2. The average molecular weight is 288 g/mol. The van der Waals surface area contributed by atoms with Crippen LogP contribution in [0.3, 0.4) is 0 Å². The maximum absolute atomic E-state index is 4.10. The second-order valence-electron chi connectivity index (χ2n) is 6.61. The fourth-order valence-electron chi connectivity index (χ4n) is 4.12. The van der Waals surface area contributed by atoms with E-state index < -0.39 is 0 Å². The van der Waals surface area contributed by atoms with Gasteiger partial charge in [-0.3, -0.25) is 9.80 Å². The maximum atomic E-state index is 4.10. The van der Waals surface area contributed by atoms with E-state index in [2.05, 4.69) is 35.6 Å². The summed E-state index contributed by atoms with van der Waals surface area (Å²) in [5, 5.41) is 0. The first-order valence-electron chi connectivity index (χ1n) is 8.60. The molecule has 2 aliphatic rings. The molecule has 0 aromatic rings. The molecule has 1 aliphatic carbocycles. The third-order valence-corrected chi connectivity index (χ3v) is 5.41. The van der Waals surface area contributed by atoms with Crippen LogP contribution in [0.15, 0.2) is 38.0 Å². The summed E-state index contributed by atoms with van der Waals surface area (Å²) in [4.78, 5) is 5.33. The summed E-state index contributed by atoms with van der Waals surface area (Å²) in [5.74, 6) is 0. The van der Waals surface area contributed by atoms with Gasteiger partial charge in [-0.15, -0.1) is 19.7 Å². The molecule has 1 heterocycles. The molecular formula is C19H32N2. The molecule has 0 aromatic carbocycles. The Balaban J connectivity index is 1.95. The van der Waals surface area contributed by atoms with Gasteiger partial charge in [0, 0.05) is 37.8 Å². The summed E-state index contributed by atoms with van der Waals surface area (Å²) >= 11 is 0. The number of hydrogen-bond acceptors (Lipinski definition) is 2. The van der Waals surface area contributed by atoms with Crippen LogP contribution < -0.4 is 0 Å². The summed E-state index contributed by atoms with van der Waals surface area (Å²) in [6, 6.07) is 0.845. The van der Waals surface area contributed by atoms with Crippen molar-refractivity contribution in [3.05, 3.63) is 38.0 Å². The molecule has 0 amide bonds. The Morgan fingerprint density at radius 1 is 0.857 bits per heavy atom. The maximum Gasteiger partial charge on any atom is 0.0458 e. The fourth-order valence-corrected chi connectivity index (χ4v) is 4.12. The van der Waals surface area contributed by atoms with Gasteiger partial charge in [0.1, 0.15) is 0 Å². The summed E-state index contributed by atoms with van der Waals surface area (Å²) in [6.45, 7) is 16.7. The second-order valence-corrected chi connectivity index (χ2v) is 6.61. The Morgan fingerprint density at radius 3 is 1.90 bits per heavy atom. The number of rotatable bonds is 7. The summed E-state index contributed by atoms with van der Waals surface area (Å²) in [7, 11) is 0. The van der Waals surface area contributed by atoms with Crippen molar-refractivity contribution in [1.29, 1.82) is 0 Å². The zero-order valence-corrected chi connectivity index (χ0v) is 13.6. The Kier molecular flexibility index (Phi) is 6.25. The van der Waals surface area contributed by atoms with Gasteiger partial charge in [0.15, 0.2) is 0 Å². The molecule has 2 nitrogen and oxygen atoms in total. The van der Waals surface area contributed by atoms with Crippen molar-refractivity contribution in [1.82, 2.24) is 9.80 Å². The van der Waals surface area contributed by atoms with Crippen LogP contribution in [0.2, 0.25) is 0 Å². The topological polar surface area (TPSA) is 6.48 Å². The number of nitrogens with zero attached hydrogens (tertiary/aromatic N) is 2. The summed E-state index contributed by atoms with van der Waals surface area (Å²) < 4.78 is 0. The highest BCUT2D eigenvalue weighted by Gasteiger charge is 2.35. The molecule has 2 heteroatoms. The van der Waals surface area contributed by atoms with Crippen molar-refractivity contribution in [3.8, 4) is 0 Å². The summed E-state index contributed by atoms with van der Waals surface area (Å²) in [5.41, 5.74) is 0.0299. The lowest BCUT2D eigenvalue weighted by molar-refractivity contribution is 0.0326. The molecule has 1 aliphatic heterocycles. The van der Waals surface area contributed by atoms with E-state index in [0.717, 1.165) is 32.0 Å². The van der Waals surface area contributed by atoms with Crippen LogP contribution in [0.1, 0.15) is 44.9 Å². The van der Waals surface area contributed by atoms with Gasteiger partial charge in [-0.25, -0.2) is 0 Å². The molecule has 0 aromatic heterocycles. The van der Waals surface area contributed by atoms with Crippen LogP contribution in [0.25, 0.3) is 0 Å². The van der Waals surface area contributed by atoms with Crippen molar-refractivity contribution < 1.29 is 0 Å². The van der Waals surface area contributed by atoms with Crippen molar-refractivity contribution in [2.75, 3.05) is 26.2 Å². The van der Waals surface area contributed by atoms with Crippen LogP contribution in [0.4, 0.5) is 0 Å². The first-order chi connectivity index (χ1) is 10.3. The minimum atomic E-state index is 0.0299. The average Bonchev–Trinajstić information content (AvgIpc) is 2.55. The molecule has 1 saturated carbocycles. The van der Waals surface area contributed by atoms with Gasteiger partial charge in [-0.05, 0) is 25.7 Å². The predicted molar refractivity (Wildman–Crippen MR) is 92.6 cm³/mol. The minimum absolute atomic E-state index is 0.0299. The zero-order chi connectivity index (χ0) is 15.1. The van der Waals surface area contributed by atoms with E-state index in [-0.39, 0.29) is 5.54 Å². The number of hydrogen-bond donors (Lipinski definition) is 0. The Hall–Kier alpha value is -0.860. The SMILES string of the molecule is C=CCC(C=C)(CC=C)N1CCN(C2CCCCC2)CC1. The lowest BCUT2D eigenvalue weighted by atomic mass is 9.87. The number of piperazine rings is 1. The molecule has 0 spiro atoms. The third kappa shape index (κ3) is 3.87. The second kappa shape index (κ2) is 7.95. The standard InChI is InChI=1S/C19H32N2/c1-4-12-19(6-3,13-5-2)21-16-14-20(15-17-21)18-10-8-7-9-11-18/h4-6,18H,1-3,7-17H2. The van der Waals surface area contributed by atoms with E-state index in [0.29, 0.717) is 0 Å². The molecule has 0 atom stereocenters. The van der Waals surface area contributed by atoms with Crippen molar-refractivity contribution in [3.63, 3.8) is 0 Å². The monoisotopic (exact) mass is 288 g/mol. The van der Waals surface area contributed by atoms with E-state index in [1.54, 1.807) is 0 Å². The van der Waals surface area contributed by atoms with Crippen LogP contribution in [-0.2, 0) is 0 Å². The highest BCUT2D eigenvalue weighted by atomic mass is 15.3. The normalized spacial score (nSPS) is 22.9. The van der Waals surface area contributed by atoms with E-state index in [9.17, 15) is 0 Å². The Bertz CT molecular complexity index is 337. The molecule has 0 N–H and O–H groups in total. The zero-order valence-electron chi connectivity index (χ0n) is 13.6. The highest BCUT2D eigenvalue weighted by Crippen LogP contribution is 2.30. The fraction of sp³-hybridized carbons (Fsp3) is 0.684. The van der Waals surface area contributed by atoms with Gasteiger partial charge in [-0.1, -0.05) is 37.5 Å². The van der Waals surface area contributed by atoms with Gasteiger partial charge >= 0.3 is 0 Å². The van der Waals surface area contributed by atoms with Gasteiger partial charge in [0.2, 0.25) is 0 Å². The smallest absolute Gasteiger partial charge is 0.0458 e. The van der Waals surface area contributed by atoms with E-state index >= 15 is 0 Å². The van der Waals surface area contributed by atoms with Crippen molar-refractivity contribution >= 4 is 0 Å². The molecule has 2 rings (SSSR count). The Morgan fingerprint density at radius 2 is 1.43 bits per heavy atom. The molecule has 0 bridgehead atoms. The van der Waals surface area contributed by atoms with Gasteiger partial charge < -0.3 is 0 Å². The third-order valence-electron chi connectivity index (χ3n) is 5.41. The molecule has 118 valence electrons. The molecular weight excluding hydrogens is 256 g/mol. The lowest BCUT2D eigenvalue weighted by Gasteiger charge is -2.48. The first kappa shape index (κ1) is 16.5. The molecule has 1 saturated heterocycles. The first-order valence-corrected chi connectivity index (χ1v) is 8.60. The van der Waals surface area contributed by atoms with Crippen molar-refractivity contribution in [2.24, 2.45) is 0 Å². The molecule has 0 unspecified atom stereocenters. The van der Waals surface area contributed by atoms with Gasteiger partial charge in [-0.2, -0.15) is 0 Å². The Labute approximate surface area is 131 Å². The van der Waals surface area contributed by atoms with E-state index in [1.165, 1.54) is 45.2 Å². The molecule has 21 heavy (non-hydrogen) atoms. The van der Waals surface area contributed by atoms with E-state index in [4.69, 9.17) is 0 Å². The lowest BCUT2D eigenvalue weighted by Crippen LogP contribution is -2.57. The highest BCUT2D eigenvalue weighted by molar-refractivity contribution is 5.11. The quantitative estimate of drug-likeness (QED) is 0.653. The minimum Gasteiger partial charge on any atom is -0.298 e. The predicted octanol–water partition coefficient (Wildman–Crippen LogP) is 4.01. The van der Waals surface area contributed by atoms with Crippen LogP contribution >= 0.6 is 0 Å². The van der Waals surface area contributed by atoms with Crippen LogP contribution in [0.5, 0.6) is 0 Å². The van der Waals surface area contributed by atoms with Crippen LogP contribution in [-0.4, -0.2) is 47.6 Å². The van der Waals surface area contributed by atoms with Gasteiger partial charge in [0.05, 0.1) is 0 Å². The molecule has 2 fully saturated rings.